The predicted molar refractivity (Wildman–Crippen MR) is 136 cm³/mol. The normalized spacial score (nSPS) is 11.3. The van der Waals surface area contributed by atoms with Crippen LogP contribution < -0.4 is 9.62 Å². The molecular weight excluding hydrogens is 466 g/mol. The number of nitro benzene ring substituents is 1. The molecule has 1 amide bonds. The fraction of sp³-hybridized carbons (Fsp3) is 0.115. The van der Waals surface area contributed by atoms with E-state index in [1.54, 1.807) is 30.3 Å². The van der Waals surface area contributed by atoms with Crippen LogP contribution >= 0.6 is 0 Å². The van der Waals surface area contributed by atoms with Crippen molar-refractivity contribution in [3.05, 3.63) is 106 Å². The van der Waals surface area contributed by atoms with Crippen molar-refractivity contribution in [2.24, 2.45) is 0 Å². The first-order valence-corrected chi connectivity index (χ1v) is 12.2. The van der Waals surface area contributed by atoms with E-state index < -0.39 is 27.4 Å². The number of amides is 1. The van der Waals surface area contributed by atoms with Crippen LogP contribution in [0.2, 0.25) is 0 Å². The summed E-state index contributed by atoms with van der Waals surface area (Å²) in [5, 5.41) is 14.8. The highest BCUT2D eigenvalue weighted by atomic mass is 32.2. The molecule has 4 aromatic carbocycles. The van der Waals surface area contributed by atoms with Crippen molar-refractivity contribution in [1.29, 1.82) is 0 Å². The summed E-state index contributed by atoms with van der Waals surface area (Å²) in [6, 6.07) is 22.8. The minimum absolute atomic E-state index is 0.0969. The fourth-order valence-electron chi connectivity index (χ4n) is 3.84. The maximum absolute atomic E-state index is 14.0. The molecule has 0 aromatic heterocycles. The van der Waals surface area contributed by atoms with E-state index in [4.69, 9.17) is 0 Å². The minimum atomic E-state index is -4.14. The van der Waals surface area contributed by atoms with Crippen molar-refractivity contribution in [3.63, 3.8) is 0 Å². The number of carbonyl (C=O) groups is 1. The summed E-state index contributed by atoms with van der Waals surface area (Å²) < 4.78 is 29.1. The maximum atomic E-state index is 14.0. The van der Waals surface area contributed by atoms with Crippen molar-refractivity contribution < 1.29 is 18.1 Å². The largest absolute Gasteiger partial charge is 0.325 e. The Labute approximate surface area is 203 Å². The highest BCUT2D eigenvalue weighted by molar-refractivity contribution is 7.93. The van der Waals surface area contributed by atoms with Gasteiger partial charge in [-0.25, -0.2) is 8.42 Å². The summed E-state index contributed by atoms with van der Waals surface area (Å²) in [5.74, 6) is -0.580. The monoisotopic (exact) mass is 489 g/mol. The summed E-state index contributed by atoms with van der Waals surface area (Å²) in [5.41, 5.74) is 2.23. The third-order valence-electron chi connectivity index (χ3n) is 5.81. The third kappa shape index (κ3) is 4.85. The molecule has 0 atom stereocenters. The number of fused-ring (bicyclic) bond motifs is 1. The molecule has 0 saturated carbocycles. The molecular formula is C26H23N3O5S. The summed E-state index contributed by atoms with van der Waals surface area (Å²) >= 11 is 0. The lowest BCUT2D eigenvalue weighted by molar-refractivity contribution is -0.384. The molecule has 4 rings (SSSR count). The molecule has 178 valence electrons. The third-order valence-corrected chi connectivity index (χ3v) is 7.63. The maximum Gasteiger partial charge on any atom is 0.269 e. The van der Waals surface area contributed by atoms with Crippen molar-refractivity contribution in [1.82, 2.24) is 0 Å². The fourth-order valence-corrected chi connectivity index (χ4v) is 5.54. The Morgan fingerprint density at radius 3 is 2.29 bits per heavy atom. The first-order valence-electron chi connectivity index (χ1n) is 10.8. The van der Waals surface area contributed by atoms with Crippen LogP contribution in [-0.4, -0.2) is 25.8 Å². The lowest BCUT2D eigenvalue weighted by Crippen LogP contribution is -2.38. The summed E-state index contributed by atoms with van der Waals surface area (Å²) in [4.78, 5) is 23.4. The summed E-state index contributed by atoms with van der Waals surface area (Å²) in [6.45, 7) is 3.20. The highest BCUT2D eigenvalue weighted by Gasteiger charge is 2.30. The molecule has 0 bridgehead atoms. The molecule has 4 aromatic rings. The molecule has 35 heavy (non-hydrogen) atoms. The van der Waals surface area contributed by atoms with Gasteiger partial charge in [0.2, 0.25) is 5.91 Å². The molecule has 1 N–H and O–H groups in total. The first kappa shape index (κ1) is 23.9. The van der Waals surface area contributed by atoms with Gasteiger partial charge in [0, 0.05) is 23.2 Å². The molecule has 0 aliphatic rings. The molecule has 0 saturated heterocycles. The zero-order chi connectivity index (χ0) is 25.2. The molecule has 8 nitrogen and oxygen atoms in total. The second-order valence-electron chi connectivity index (χ2n) is 8.06. The summed E-state index contributed by atoms with van der Waals surface area (Å²) in [6.07, 6.45) is 0. The van der Waals surface area contributed by atoms with Crippen LogP contribution in [0, 0.1) is 24.0 Å². The van der Waals surface area contributed by atoms with E-state index >= 15 is 0 Å². The predicted octanol–water partition coefficient (Wildman–Crippen LogP) is 5.20. The zero-order valence-electron chi connectivity index (χ0n) is 19.1. The number of nitro groups is 1. The molecule has 9 heteroatoms. The van der Waals surface area contributed by atoms with Gasteiger partial charge < -0.3 is 5.32 Å². The van der Waals surface area contributed by atoms with Crippen LogP contribution in [0.25, 0.3) is 10.8 Å². The minimum Gasteiger partial charge on any atom is -0.325 e. The zero-order valence-corrected chi connectivity index (χ0v) is 20.0. The molecule has 0 unspecified atom stereocenters. The number of rotatable bonds is 7. The molecule has 0 radical (unpaired) electrons. The van der Waals surface area contributed by atoms with Gasteiger partial charge in [0.1, 0.15) is 6.54 Å². The lowest BCUT2D eigenvalue weighted by Gasteiger charge is -2.27. The average Bonchev–Trinajstić information content (AvgIpc) is 2.84. The Bertz CT molecular complexity index is 1530. The van der Waals surface area contributed by atoms with Gasteiger partial charge in [-0.05, 0) is 54.6 Å². The van der Waals surface area contributed by atoms with Gasteiger partial charge in [-0.15, -0.1) is 0 Å². The Balaban J connectivity index is 1.75. The number of carbonyl (C=O) groups excluding carboxylic acids is 1. The van der Waals surface area contributed by atoms with Gasteiger partial charge in [0.05, 0.1) is 15.5 Å². The van der Waals surface area contributed by atoms with E-state index in [1.807, 2.05) is 38.1 Å². The summed E-state index contributed by atoms with van der Waals surface area (Å²) in [7, 11) is -4.14. The number of hydrogen-bond acceptors (Lipinski definition) is 5. The standard InChI is InChI=1S/C26H23N3O5S/c1-18-7-5-11-24(19(18)2)28(17-26(30)27-21-13-15-22(16-14-21)29(31)32)35(33,34)25-12-6-9-20-8-3-4-10-23(20)25/h3-16H,17H2,1-2H3,(H,27,30). The second-order valence-corrected chi connectivity index (χ2v) is 9.89. The smallest absolute Gasteiger partial charge is 0.269 e. The van der Waals surface area contributed by atoms with Crippen LogP contribution in [0.1, 0.15) is 11.1 Å². The van der Waals surface area contributed by atoms with E-state index in [0.29, 0.717) is 16.8 Å². The number of aryl methyl sites for hydroxylation is 1. The molecule has 0 spiro atoms. The molecule has 0 aliphatic carbocycles. The van der Waals surface area contributed by atoms with Gasteiger partial charge in [0.15, 0.2) is 0 Å². The number of non-ortho nitro benzene ring substituents is 1. The second kappa shape index (κ2) is 9.55. The Hall–Kier alpha value is -4.24. The number of benzene rings is 4. The van der Waals surface area contributed by atoms with Crippen molar-refractivity contribution >= 4 is 43.8 Å². The number of hydrogen-bond donors (Lipinski definition) is 1. The molecule has 0 aliphatic heterocycles. The quantitative estimate of drug-likeness (QED) is 0.283. The van der Waals surface area contributed by atoms with Gasteiger partial charge in [-0.2, -0.15) is 0 Å². The van der Waals surface area contributed by atoms with Crippen LogP contribution in [0.5, 0.6) is 0 Å². The van der Waals surface area contributed by atoms with Crippen molar-refractivity contribution in [3.8, 4) is 0 Å². The SMILES string of the molecule is Cc1cccc(N(CC(=O)Nc2ccc([N+](=O)[O-])cc2)S(=O)(=O)c2cccc3ccccc23)c1C. The van der Waals surface area contributed by atoms with E-state index in [2.05, 4.69) is 5.32 Å². The number of sulfonamides is 1. The Kier molecular flexibility index (Phi) is 6.52. The number of nitrogens with one attached hydrogen (secondary N) is 1. The van der Waals surface area contributed by atoms with Crippen molar-refractivity contribution in [2.45, 2.75) is 18.7 Å². The van der Waals surface area contributed by atoms with Gasteiger partial charge in [-0.1, -0.05) is 48.5 Å². The number of nitrogens with zero attached hydrogens (tertiary/aromatic N) is 2. The Morgan fingerprint density at radius 1 is 0.914 bits per heavy atom. The van der Waals surface area contributed by atoms with Crippen LogP contribution in [0.15, 0.2) is 89.8 Å². The van der Waals surface area contributed by atoms with E-state index in [-0.39, 0.29) is 10.6 Å². The Morgan fingerprint density at radius 2 is 1.57 bits per heavy atom. The van der Waals surface area contributed by atoms with Gasteiger partial charge in [-0.3, -0.25) is 19.2 Å². The van der Waals surface area contributed by atoms with Crippen LogP contribution in [0.3, 0.4) is 0 Å². The van der Waals surface area contributed by atoms with Gasteiger partial charge >= 0.3 is 0 Å². The van der Waals surface area contributed by atoms with E-state index in [9.17, 15) is 23.3 Å². The molecule has 0 heterocycles. The first-order chi connectivity index (χ1) is 16.7. The van der Waals surface area contributed by atoms with Crippen molar-refractivity contribution in [2.75, 3.05) is 16.2 Å². The molecule has 0 fully saturated rings. The highest BCUT2D eigenvalue weighted by Crippen LogP contribution is 2.32. The van der Waals surface area contributed by atoms with E-state index in [0.717, 1.165) is 20.8 Å². The van der Waals surface area contributed by atoms with Crippen LogP contribution in [0.4, 0.5) is 17.1 Å². The average molecular weight is 490 g/mol. The van der Waals surface area contributed by atoms with Crippen LogP contribution in [-0.2, 0) is 14.8 Å². The number of anilines is 2. The van der Waals surface area contributed by atoms with E-state index in [1.165, 1.54) is 30.3 Å². The lowest BCUT2D eigenvalue weighted by atomic mass is 10.1. The topological polar surface area (TPSA) is 110 Å². The van der Waals surface area contributed by atoms with Gasteiger partial charge in [0.25, 0.3) is 15.7 Å².